The minimum atomic E-state index is -1.14. The number of alkyl carbamates (subject to hydrolysis) is 1. The summed E-state index contributed by atoms with van der Waals surface area (Å²) in [5.41, 5.74) is -1.11. The van der Waals surface area contributed by atoms with E-state index in [4.69, 9.17) is 18.9 Å². The van der Waals surface area contributed by atoms with Gasteiger partial charge in [-0.3, -0.25) is 4.79 Å². The predicted octanol–water partition coefficient (Wildman–Crippen LogP) is 2.20. The number of ether oxygens (including phenoxy) is 4. The number of amides is 3. The minimum absolute atomic E-state index is 0.157. The van der Waals surface area contributed by atoms with Crippen LogP contribution in [0.2, 0.25) is 0 Å². The number of aliphatic carboxylic acids is 1. The van der Waals surface area contributed by atoms with Crippen LogP contribution in [0.1, 0.15) is 67.2 Å². The fourth-order valence-corrected chi connectivity index (χ4v) is 2.55. The number of carbonyl (C=O) groups is 4. The molecule has 0 aromatic carbocycles. The average molecular weight is 506 g/mol. The first-order chi connectivity index (χ1) is 16.2. The van der Waals surface area contributed by atoms with Crippen LogP contribution < -0.4 is 16.0 Å². The van der Waals surface area contributed by atoms with Crippen LogP contribution in [0.25, 0.3) is 0 Å². The number of carboxylic acids is 1. The Hall–Kier alpha value is -2.60. The molecular formula is C23H43N3O9. The Kier molecular flexibility index (Phi) is 15.7. The highest BCUT2D eigenvalue weighted by molar-refractivity contribution is 5.82. The summed E-state index contributed by atoms with van der Waals surface area (Å²) in [4.78, 5) is 46.4. The molecule has 35 heavy (non-hydrogen) atoms. The second kappa shape index (κ2) is 16.9. The number of carbonyl (C=O) groups excluding carboxylic acids is 3. The van der Waals surface area contributed by atoms with E-state index in [0.29, 0.717) is 26.0 Å². The fraction of sp³-hybridized carbons (Fsp3) is 0.826. The van der Waals surface area contributed by atoms with E-state index >= 15 is 0 Å². The second-order valence-electron chi connectivity index (χ2n) is 9.78. The van der Waals surface area contributed by atoms with Crippen LogP contribution in [0, 0.1) is 0 Å². The van der Waals surface area contributed by atoms with Gasteiger partial charge in [-0.2, -0.15) is 0 Å². The second-order valence-corrected chi connectivity index (χ2v) is 9.78. The van der Waals surface area contributed by atoms with Crippen LogP contribution in [0.4, 0.5) is 9.59 Å². The third-order valence-corrected chi connectivity index (χ3v) is 3.97. The summed E-state index contributed by atoms with van der Waals surface area (Å²) in [5.74, 6) is -1.47. The molecule has 0 unspecified atom stereocenters. The number of urea groups is 1. The standard InChI is InChI=1S/C23H43N3O9/c1-22(2,3)34-18(27)10-13-32-15-16-33-14-12-24-20(30)26-17(19(28)29)9-7-8-11-25-21(31)35-23(4,5)6/h17H,7-16H2,1-6H3,(H,25,31)(H,28,29)(H2,24,26,30)/t17-/m0/s1. The van der Waals surface area contributed by atoms with E-state index in [1.807, 2.05) is 0 Å². The largest absolute Gasteiger partial charge is 0.480 e. The zero-order valence-electron chi connectivity index (χ0n) is 21.9. The lowest BCUT2D eigenvalue weighted by Crippen LogP contribution is -2.46. The van der Waals surface area contributed by atoms with Gasteiger partial charge in [0.15, 0.2) is 0 Å². The van der Waals surface area contributed by atoms with Crippen LogP contribution in [-0.2, 0) is 28.5 Å². The van der Waals surface area contributed by atoms with Gasteiger partial charge in [-0.15, -0.1) is 0 Å². The van der Waals surface area contributed by atoms with Crippen LogP contribution >= 0.6 is 0 Å². The molecular weight excluding hydrogens is 462 g/mol. The maximum atomic E-state index is 11.9. The molecule has 0 saturated heterocycles. The van der Waals surface area contributed by atoms with Gasteiger partial charge in [0, 0.05) is 13.1 Å². The molecule has 12 nitrogen and oxygen atoms in total. The smallest absolute Gasteiger partial charge is 0.407 e. The van der Waals surface area contributed by atoms with Gasteiger partial charge in [0.05, 0.1) is 32.8 Å². The summed E-state index contributed by atoms with van der Waals surface area (Å²) in [6.45, 7) is 12.2. The molecule has 12 heteroatoms. The Morgan fingerprint density at radius 2 is 1.37 bits per heavy atom. The lowest BCUT2D eigenvalue weighted by molar-refractivity contribution is -0.156. The molecule has 0 bridgehead atoms. The molecule has 4 N–H and O–H groups in total. The number of carboxylic acid groups (broad SMARTS) is 1. The highest BCUT2D eigenvalue weighted by Gasteiger charge is 2.20. The van der Waals surface area contributed by atoms with Crippen molar-refractivity contribution in [1.82, 2.24) is 16.0 Å². The van der Waals surface area contributed by atoms with Crippen molar-refractivity contribution >= 4 is 24.1 Å². The van der Waals surface area contributed by atoms with Crippen LogP contribution in [0.5, 0.6) is 0 Å². The topological polar surface area (TPSA) is 162 Å². The van der Waals surface area contributed by atoms with Gasteiger partial charge in [0.1, 0.15) is 17.2 Å². The van der Waals surface area contributed by atoms with Gasteiger partial charge in [-0.25, -0.2) is 14.4 Å². The molecule has 0 rings (SSSR count). The zero-order chi connectivity index (χ0) is 26.9. The number of unbranched alkanes of at least 4 members (excludes halogenated alkanes) is 1. The van der Waals surface area contributed by atoms with Crippen molar-refractivity contribution in [3.63, 3.8) is 0 Å². The molecule has 0 aliphatic rings. The third-order valence-electron chi connectivity index (χ3n) is 3.97. The van der Waals surface area contributed by atoms with Crippen molar-refractivity contribution in [3.05, 3.63) is 0 Å². The third kappa shape index (κ3) is 21.7. The van der Waals surface area contributed by atoms with Crippen molar-refractivity contribution < 1.29 is 43.2 Å². The van der Waals surface area contributed by atoms with E-state index in [1.165, 1.54) is 0 Å². The number of esters is 1. The molecule has 0 aromatic rings. The zero-order valence-corrected chi connectivity index (χ0v) is 21.9. The van der Waals surface area contributed by atoms with Crippen molar-refractivity contribution in [2.24, 2.45) is 0 Å². The maximum Gasteiger partial charge on any atom is 0.407 e. The van der Waals surface area contributed by atoms with Gasteiger partial charge < -0.3 is 40.0 Å². The number of hydrogen-bond acceptors (Lipinski definition) is 8. The van der Waals surface area contributed by atoms with Crippen LogP contribution in [-0.4, -0.2) is 85.9 Å². The molecule has 0 saturated carbocycles. The Labute approximate surface area is 207 Å². The molecule has 0 aromatic heterocycles. The van der Waals surface area contributed by atoms with Gasteiger partial charge >= 0.3 is 24.1 Å². The minimum Gasteiger partial charge on any atom is -0.480 e. The van der Waals surface area contributed by atoms with E-state index in [-0.39, 0.29) is 45.2 Å². The van der Waals surface area contributed by atoms with E-state index in [1.54, 1.807) is 41.5 Å². The summed E-state index contributed by atoms with van der Waals surface area (Å²) >= 11 is 0. The molecule has 0 fully saturated rings. The average Bonchev–Trinajstić information content (AvgIpc) is 2.68. The van der Waals surface area contributed by atoms with Crippen molar-refractivity contribution in [1.29, 1.82) is 0 Å². The van der Waals surface area contributed by atoms with Crippen LogP contribution in [0.3, 0.4) is 0 Å². The number of nitrogens with one attached hydrogen (secondary N) is 3. The number of rotatable bonds is 16. The molecule has 204 valence electrons. The highest BCUT2D eigenvalue weighted by atomic mass is 16.6. The normalized spacial score (nSPS) is 12.4. The molecule has 0 radical (unpaired) electrons. The van der Waals surface area contributed by atoms with Gasteiger partial charge in [0.25, 0.3) is 0 Å². The Morgan fingerprint density at radius 3 is 1.94 bits per heavy atom. The molecule has 0 heterocycles. The summed E-state index contributed by atoms with van der Waals surface area (Å²) in [5, 5.41) is 16.8. The molecule has 0 aliphatic heterocycles. The van der Waals surface area contributed by atoms with E-state index < -0.39 is 35.3 Å². The van der Waals surface area contributed by atoms with E-state index in [2.05, 4.69) is 16.0 Å². The summed E-state index contributed by atoms with van der Waals surface area (Å²) in [6, 6.07) is -1.66. The van der Waals surface area contributed by atoms with Gasteiger partial charge in [-0.1, -0.05) is 0 Å². The lowest BCUT2D eigenvalue weighted by Gasteiger charge is -2.19. The van der Waals surface area contributed by atoms with Crippen molar-refractivity contribution in [2.45, 2.75) is 84.5 Å². The summed E-state index contributed by atoms with van der Waals surface area (Å²) < 4.78 is 20.9. The predicted molar refractivity (Wildman–Crippen MR) is 128 cm³/mol. The Bertz CT molecular complexity index is 658. The van der Waals surface area contributed by atoms with Gasteiger partial charge in [0.2, 0.25) is 0 Å². The fourth-order valence-electron chi connectivity index (χ4n) is 2.55. The molecule has 1 atom stereocenters. The number of hydrogen-bond donors (Lipinski definition) is 4. The summed E-state index contributed by atoms with van der Waals surface area (Å²) in [7, 11) is 0. The molecule has 0 spiro atoms. The van der Waals surface area contributed by atoms with Gasteiger partial charge in [-0.05, 0) is 60.8 Å². The maximum absolute atomic E-state index is 11.9. The van der Waals surface area contributed by atoms with Crippen LogP contribution in [0.15, 0.2) is 0 Å². The van der Waals surface area contributed by atoms with Crippen molar-refractivity contribution in [3.8, 4) is 0 Å². The lowest BCUT2D eigenvalue weighted by atomic mass is 10.1. The molecule has 0 aliphatic carbocycles. The van der Waals surface area contributed by atoms with E-state index in [9.17, 15) is 24.3 Å². The Balaban J connectivity index is 3.83. The monoisotopic (exact) mass is 505 g/mol. The van der Waals surface area contributed by atoms with Crippen molar-refractivity contribution in [2.75, 3.05) is 39.5 Å². The quantitative estimate of drug-likeness (QED) is 0.182. The summed E-state index contributed by atoms with van der Waals surface area (Å²) in [6.07, 6.45) is 0.878. The first-order valence-corrected chi connectivity index (χ1v) is 11.8. The first-order valence-electron chi connectivity index (χ1n) is 11.8. The molecule has 3 amide bonds. The first kappa shape index (κ1) is 32.4. The SMILES string of the molecule is CC(C)(C)OC(=O)CCOCCOCCNC(=O)N[C@@H](CCCCNC(=O)OC(C)(C)C)C(=O)O. The van der Waals surface area contributed by atoms with E-state index in [0.717, 1.165) is 0 Å². The highest BCUT2D eigenvalue weighted by Crippen LogP contribution is 2.08. The Morgan fingerprint density at radius 1 is 0.771 bits per heavy atom.